The number of benzene rings is 1. The molecule has 5 rings (SSSR count). The minimum absolute atomic E-state index is 0.0178. The Labute approximate surface area is 169 Å². The van der Waals surface area contributed by atoms with Crippen LogP contribution in [0.1, 0.15) is 24.8 Å². The minimum Gasteiger partial charge on any atom is -0.322 e. The minimum atomic E-state index is -0.739. The third kappa shape index (κ3) is 2.71. The Morgan fingerprint density at radius 2 is 2.03 bits per heavy atom. The quantitative estimate of drug-likeness (QED) is 0.784. The Balaban J connectivity index is 1.27. The van der Waals surface area contributed by atoms with Gasteiger partial charge in [-0.05, 0) is 37.3 Å². The van der Waals surface area contributed by atoms with Crippen LogP contribution in [-0.2, 0) is 9.59 Å². The Bertz CT molecular complexity index is 965. The van der Waals surface area contributed by atoms with Crippen LogP contribution in [0, 0.1) is 28.6 Å². The predicted octanol–water partition coefficient (Wildman–Crippen LogP) is 0.188. The van der Waals surface area contributed by atoms with E-state index in [1.807, 2.05) is 11.0 Å². The standard InChI is InChI=1S/C21H22N6O2/c22-8-12-3-1-2-4-17(12)27-15-7-19(21(27)29)25(10-15)11-16(24)20(28)26-14(9-23)5-13-6-18(13)26/h1-4,13-16,18-19H,5-7,10-11,24H2/t13-,14+,15?,16+,18+,19-/m1/s1. The molecule has 1 aromatic carbocycles. The largest absolute Gasteiger partial charge is 0.322 e. The summed E-state index contributed by atoms with van der Waals surface area (Å²) in [6.07, 6.45) is 2.39. The van der Waals surface area contributed by atoms with Crippen molar-refractivity contribution in [2.75, 3.05) is 18.0 Å². The van der Waals surface area contributed by atoms with Gasteiger partial charge in [0, 0.05) is 19.1 Å². The number of hydrogen-bond acceptors (Lipinski definition) is 6. The lowest BCUT2D eigenvalue weighted by molar-refractivity contribution is -0.135. The summed E-state index contributed by atoms with van der Waals surface area (Å²) < 4.78 is 0. The molecule has 1 aliphatic carbocycles. The first-order chi connectivity index (χ1) is 14.0. The van der Waals surface area contributed by atoms with E-state index < -0.39 is 6.04 Å². The number of fused-ring (bicyclic) bond motifs is 3. The molecular weight excluding hydrogens is 368 g/mol. The lowest BCUT2D eigenvalue weighted by Gasteiger charge is -2.36. The molecule has 8 nitrogen and oxygen atoms in total. The van der Waals surface area contributed by atoms with Gasteiger partial charge in [-0.3, -0.25) is 14.5 Å². The molecule has 3 aliphatic heterocycles. The van der Waals surface area contributed by atoms with Crippen LogP contribution >= 0.6 is 0 Å². The molecule has 1 aromatic rings. The summed E-state index contributed by atoms with van der Waals surface area (Å²) >= 11 is 0. The van der Waals surface area contributed by atoms with Gasteiger partial charge in [-0.2, -0.15) is 10.5 Å². The van der Waals surface area contributed by atoms with E-state index in [2.05, 4.69) is 12.1 Å². The molecule has 4 aliphatic rings. The molecular formula is C21H22N6O2. The van der Waals surface area contributed by atoms with Gasteiger partial charge >= 0.3 is 0 Å². The van der Waals surface area contributed by atoms with Crippen molar-refractivity contribution >= 4 is 17.5 Å². The predicted molar refractivity (Wildman–Crippen MR) is 103 cm³/mol. The van der Waals surface area contributed by atoms with Crippen LogP contribution in [0.15, 0.2) is 24.3 Å². The van der Waals surface area contributed by atoms with Gasteiger partial charge < -0.3 is 15.5 Å². The van der Waals surface area contributed by atoms with E-state index in [1.165, 1.54) is 0 Å². The number of carbonyl (C=O) groups is 2. The number of carbonyl (C=O) groups excluding carboxylic acids is 2. The highest BCUT2D eigenvalue weighted by Crippen LogP contribution is 2.47. The Morgan fingerprint density at radius 1 is 1.24 bits per heavy atom. The van der Waals surface area contributed by atoms with Crippen molar-refractivity contribution in [3.8, 4) is 12.1 Å². The Morgan fingerprint density at radius 3 is 2.76 bits per heavy atom. The Hall–Kier alpha value is -2.94. The van der Waals surface area contributed by atoms with Crippen LogP contribution in [0.2, 0.25) is 0 Å². The molecule has 2 amide bonds. The maximum absolute atomic E-state index is 13.0. The van der Waals surface area contributed by atoms with E-state index in [0.717, 1.165) is 12.8 Å². The monoisotopic (exact) mass is 390 g/mol. The van der Waals surface area contributed by atoms with Crippen molar-refractivity contribution in [1.82, 2.24) is 9.80 Å². The molecule has 0 aromatic heterocycles. The summed E-state index contributed by atoms with van der Waals surface area (Å²) in [6.45, 7) is 0.941. The third-order valence-corrected chi connectivity index (χ3v) is 6.81. The number of nitrogens with zero attached hydrogens (tertiary/aromatic N) is 5. The number of piperazine rings is 1. The number of anilines is 1. The van der Waals surface area contributed by atoms with Crippen molar-refractivity contribution in [1.29, 1.82) is 10.5 Å². The molecule has 1 saturated carbocycles. The molecule has 6 atom stereocenters. The fourth-order valence-corrected chi connectivity index (χ4v) is 5.37. The first kappa shape index (κ1) is 18.1. The fourth-order valence-electron chi connectivity index (χ4n) is 5.37. The van der Waals surface area contributed by atoms with E-state index >= 15 is 0 Å². The van der Waals surface area contributed by atoms with Crippen LogP contribution in [-0.4, -0.2) is 64.9 Å². The third-order valence-electron chi connectivity index (χ3n) is 6.81. The Kier molecular flexibility index (Phi) is 4.09. The topological polar surface area (TPSA) is 117 Å². The summed E-state index contributed by atoms with van der Waals surface area (Å²) in [5.74, 6) is 0.235. The summed E-state index contributed by atoms with van der Waals surface area (Å²) in [6, 6.07) is 10.2. The number of nitriles is 2. The van der Waals surface area contributed by atoms with E-state index in [4.69, 9.17) is 5.73 Å². The highest BCUT2D eigenvalue weighted by atomic mass is 16.2. The zero-order valence-electron chi connectivity index (χ0n) is 15.9. The number of likely N-dealkylation sites (tertiary alicyclic amines) is 2. The average molecular weight is 390 g/mol. The van der Waals surface area contributed by atoms with Crippen molar-refractivity contribution in [3.05, 3.63) is 29.8 Å². The number of rotatable bonds is 4. The van der Waals surface area contributed by atoms with Crippen LogP contribution in [0.25, 0.3) is 0 Å². The van der Waals surface area contributed by atoms with Gasteiger partial charge in [0.2, 0.25) is 11.8 Å². The van der Waals surface area contributed by atoms with Crippen LogP contribution in [0.4, 0.5) is 5.69 Å². The zero-order valence-corrected chi connectivity index (χ0v) is 15.9. The van der Waals surface area contributed by atoms with Crippen LogP contribution < -0.4 is 10.6 Å². The molecule has 4 fully saturated rings. The first-order valence-electron chi connectivity index (χ1n) is 10.1. The number of nitrogens with two attached hydrogens (primary N) is 1. The fraction of sp³-hybridized carbons (Fsp3) is 0.524. The second kappa shape index (κ2) is 6.55. The van der Waals surface area contributed by atoms with Gasteiger partial charge in [0.25, 0.3) is 0 Å². The maximum atomic E-state index is 13.0. The first-order valence-corrected chi connectivity index (χ1v) is 10.1. The second-order valence-electron chi connectivity index (χ2n) is 8.49. The van der Waals surface area contributed by atoms with E-state index in [9.17, 15) is 20.1 Å². The molecule has 3 heterocycles. The lowest BCUT2D eigenvalue weighted by Crippen LogP contribution is -2.57. The molecule has 2 N–H and O–H groups in total. The van der Waals surface area contributed by atoms with Gasteiger partial charge in [0.15, 0.2) is 0 Å². The normalized spacial score (nSPS) is 33.3. The maximum Gasteiger partial charge on any atom is 0.244 e. The molecule has 2 bridgehead atoms. The lowest BCUT2D eigenvalue weighted by atomic mass is 10.1. The summed E-state index contributed by atoms with van der Waals surface area (Å²) in [5, 5.41) is 18.7. The summed E-state index contributed by atoms with van der Waals surface area (Å²) in [5.41, 5.74) is 7.38. The molecule has 0 radical (unpaired) electrons. The van der Waals surface area contributed by atoms with Crippen molar-refractivity contribution in [2.24, 2.45) is 11.7 Å². The molecule has 29 heavy (non-hydrogen) atoms. The smallest absolute Gasteiger partial charge is 0.244 e. The van der Waals surface area contributed by atoms with Gasteiger partial charge in [-0.15, -0.1) is 0 Å². The zero-order chi connectivity index (χ0) is 20.3. The van der Waals surface area contributed by atoms with Crippen molar-refractivity contribution in [3.63, 3.8) is 0 Å². The van der Waals surface area contributed by atoms with Gasteiger partial charge in [-0.25, -0.2) is 0 Å². The van der Waals surface area contributed by atoms with Crippen LogP contribution in [0.3, 0.4) is 0 Å². The SMILES string of the molecule is N#Cc1ccccc1N1C(=O)[C@H]2CC1CN2C[C@H](N)C(=O)N1[C@H](C#N)C[C@@H]2C[C@@H]21. The van der Waals surface area contributed by atoms with Gasteiger partial charge in [0.1, 0.15) is 12.1 Å². The highest BCUT2D eigenvalue weighted by Gasteiger charge is 2.55. The summed E-state index contributed by atoms with van der Waals surface area (Å²) in [7, 11) is 0. The van der Waals surface area contributed by atoms with Crippen molar-refractivity contribution < 1.29 is 9.59 Å². The van der Waals surface area contributed by atoms with Crippen LogP contribution in [0.5, 0.6) is 0 Å². The van der Waals surface area contributed by atoms with Gasteiger partial charge in [-0.1, -0.05) is 12.1 Å². The van der Waals surface area contributed by atoms with Crippen molar-refractivity contribution in [2.45, 2.75) is 49.5 Å². The van der Waals surface area contributed by atoms with E-state index in [1.54, 1.807) is 28.0 Å². The number of amides is 2. The number of para-hydroxylation sites is 1. The molecule has 0 spiro atoms. The highest BCUT2D eigenvalue weighted by molar-refractivity contribution is 6.02. The van der Waals surface area contributed by atoms with E-state index in [-0.39, 0.29) is 36.0 Å². The molecule has 1 unspecified atom stereocenters. The average Bonchev–Trinajstić information content (AvgIpc) is 3.07. The molecule has 3 saturated heterocycles. The molecule has 8 heteroatoms. The number of hydrogen-bond donors (Lipinski definition) is 1. The molecule has 148 valence electrons. The summed E-state index contributed by atoms with van der Waals surface area (Å²) in [4.78, 5) is 31.3. The number of piperidine rings is 1. The van der Waals surface area contributed by atoms with Gasteiger partial charge in [0.05, 0.1) is 35.4 Å². The second-order valence-corrected chi connectivity index (χ2v) is 8.49. The van der Waals surface area contributed by atoms with E-state index in [0.29, 0.717) is 36.7 Å².